The van der Waals surface area contributed by atoms with Gasteiger partial charge in [-0.3, -0.25) is 14.5 Å². The third-order valence-electron chi connectivity index (χ3n) is 6.06. The van der Waals surface area contributed by atoms with Crippen LogP contribution in [-0.4, -0.2) is 54.9 Å². The number of rotatable bonds is 10. The van der Waals surface area contributed by atoms with Crippen molar-refractivity contribution < 1.29 is 33.6 Å². The molecule has 1 aromatic heterocycles. The van der Waals surface area contributed by atoms with Crippen LogP contribution in [0.2, 0.25) is 0 Å². The Balaban J connectivity index is 1.88. The first-order chi connectivity index (χ1) is 18.3. The van der Waals surface area contributed by atoms with Crippen molar-refractivity contribution in [2.45, 2.75) is 32.7 Å². The third kappa shape index (κ3) is 5.01. The summed E-state index contributed by atoms with van der Waals surface area (Å²) < 4.78 is 22.1. The molecule has 2 heterocycles. The SMILES string of the molecule is CCCCOc1ccc(/C(O)=C2\C(=O)C(=O)N(c3nnc(C)s3)C2c2cc(OC)c(OC)c(OC)c2)cc1. The third-order valence-corrected chi connectivity index (χ3v) is 6.90. The van der Waals surface area contributed by atoms with E-state index in [1.165, 1.54) is 26.2 Å². The number of ketones is 1. The molecule has 0 radical (unpaired) electrons. The van der Waals surface area contributed by atoms with Crippen molar-refractivity contribution in [1.29, 1.82) is 0 Å². The Kier molecular flexibility index (Phi) is 8.16. The number of nitrogens with zero attached hydrogens (tertiary/aromatic N) is 3. The molecule has 1 amide bonds. The molecule has 1 unspecified atom stereocenters. The quantitative estimate of drug-likeness (QED) is 0.169. The van der Waals surface area contributed by atoms with Crippen LogP contribution in [0.1, 0.15) is 41.9 Å². The van der Waals surface area contributed by atoms with E-state index in [2.05, 4.69) is 17.1 Å². The van der Waals surface area contributed by atoms with Gasteiger partial charge in [-0.25, -0.2) is 0 Å². The van der Waals surface area contributed by atoms with Gasteiger partial charge in [-0.15, -0.1) is 10.2 Å². The lowest BCUT2D eigenvalue weighted by molar-refractivity contribution is -0.132. The van der Waals surface area contributed by atoms with Gasteiger partial charge in [-0.05, 0) is 55.3 Å². The molecule has 200 valence electrons. The van der Waals surface area contributed by atoms with Crippen molar-refractivity contribution >= 4 is 33.9 Å². The number of ether oxygens (including phenoxy) is 4. The molecule has 3 aromatic rings. The highest BCUT2D eigenvalue weighted by Gasteiger charge is 2.48. The Morgan fingerprint density at radius 1 is 1.03 bits per heavy atom. The summed E-state index contributed by atoms with van der Waals surface area (Å²) in [6, 6.07) is 8.95. The number of methoxy groups -OCH3 is 3. The van der Waals surface area contributed by atoms with Crippen molar-refractivity contribution in [2.24, 2.45) is 0 Å². The maximum Gasteiger partial charge on any atom is 0.301 e. The average Bonchev–Trinajstić information content (AvgIpc) is 3.47. The lowest BCUT2D eigenvalue weighted by Crippen LogP contribution is -2.29. The summed E-state index contributed by atoms with van der Waals surface area (Å²) in [7, 11) is 4.41. The zero-order valence-corrected chi connectivity index (χ0v) is 22.6. The monoisotopic (exact) mass is 539 g/mol. The fraction of sp³-hybridized carbons (Fsp3) is 0.333. The van der Waals surface area contributed by atoms with Crippen LogP contribution in [0.3, 0.4) is 0 Å². The summed E-state index contributed by atoms with van der Waals surface area (Å²) >= 11 is 1.16. The van der Waals surface area contributed by atoms with Gasteiger partial charge in [0.2, 0.25) is 10.9 Å². The summed E-state index contributed by atoms with van der Waals surface area (Å²) in [6.45, 7) is 4.40. The van der Waals surface area contributed by atoms with E-state index in [-0.39, 0.29) is 16.5 Å². The molecule has 1 fully saturated rings. The molecule has 38 heavy (non-hydrogen) atoms. The van der Waals surface area contributed by atoms with Gasteiger partial charge in [0.15, 0.2) is 11.5 Å². The van der Waals surface area contributed by atoms with E-state index in [1.807, 2.05) is 0 Å². The maximum atomic E-state index is 13.4. The second-order valence-electron chi connectivity index (χ2n) is 8.46. The molecule has 1 aliphatic rings. The largest absolute Gasteiger partial charge is 0.507 e. The van der Waals surface area contributed by atoms with Crippen molar-refractivity contribution in [3.05, 3.63) is 58.1 Å². The van der Waals surface area contributed by atoms with Crippen molar-refractivity contribution in [2.75, 3.05) is 32.8 Å². The van der Waals surface area contributed by atoms with E-state index in [0.717, 1.165) is 24.2 Å². The molecule has 1 atom stereocenters. The lowest BCUT2D eigenvalue weighted by Gasteiger charge is -2.24. The number of aliphatic hydroxyl groups is 1. The van der Waals surface area contributed by atoms with Gasteiger partial charge in [0.1, 0.15) is 16.5 Å². The van der Waals surface area contributed by atoms with Crippen molar-refractivity contribution in [1.82, 2.24) is 10.2 Å². The number of carbonyl (C=O) groups is 2. The first-order valence-electron chi connectivity index (χ1n) is 12.0. The molecule has 10 nitrogen and oxygen atoms in total. The van der Waals surface area contributed by atoms with Crippen LogP contribution in [0.4, 0.5) is 5.13 Å². The number of carbonyl (C=O) groups excluding carboxylic acids is 2. The number of aliphatic hydroxyl groups excluding tert-OH is 1. The predicted octanol–water partition coefficient (Wildman–Crippen LogP) is 4.68. The van der Waals surface area contributed by atoms with E-state index in [0.29, 0.717) is 45.7 Å². The normalized spacial score (nSPS) is 16.6. The Morgan fingerprint density at radius 2 is 1.68 bits per heavy atom. The van der Waals surface area contributed by atoms with E-state index < -0.39 is 17.7 Å². The number of Topliss-reactive ketones (excluding diaryl/α,β-unsaturated/α-hetero) is 1. The van der Waals surface area contributed by atoms with E-state index in [9.17, 15) is 14.7 Å². The fourth-order valence-electron chi connectivity index (χ4n) is 4.19. The summed E-state index contributed by atoms with van der Waals surface area (Å²) in [4.78, 5) is 28.0. The minimum Gasteiger partial charge on any atom is -0.507 e. The molecule has 0 saturated carbocycles. The summed E-state index contributed by atoms with van der Waals surface area (Å²) in [5.41, 5.74) is 0.709. The van der Waals surface area contributed by atoms with Crippen LogP contribution in [-0.2, 0) is 9.59 Å². The van der Waals surface area contributed by atoms with Gasteiger partial charge < -0.3 is 24.1 Å². The molecule has 0 bridgehead atoms. The van der Waals surface area contributed by atoms with Gasteiger partial charge in [0.25, 0.3) is 5.78 Å². The first-order valence-corrected chi connectivity index (χ1v) is 12.8. The second kappa shape index (κ2) is 11.5. The number of hydrogen-bond donors (Lipinski definition) is 1. The zero-order valence-electron chi connectivity index (χ0n) is 21.8. The lowest BCUT2D eigenvalue weighted by atomic mass is 9.94. The number of unbranched alkanes of at least 4 members (excludes halogenated alkanes) is 1. The molecule has 1 aliphatic heterocycles. The van der Waals surface area contributed by atoms with Crippen LogP contribution in [0.25, 0.3) is 5.76 Å². The Morgan fingerprint density at radius 3 is 2.21 bits per heavy atom. The van der Waals surface area contributed by atoms with Crippen LogP contribution in [0.15, 0.2) is 42.0 Å². The molecule has 11 heteroatoms. The number of benzene rings is 2. The molecule has 0 aliphatic carbocycles. The highest BCUT2D eigenvalue weighted by Crippen LogP contribution is 2.47. The highest BCUT2D eigenvalue weighted by atomic mass is 32.1. The first kappa shape index (κ1) is 26.9. The van der Waals surface area contributed by atoms with Crippen LogP contribution >= 0.6 is 11.3 Å². The second-order valence-corrected chi connectivity index (χ2v) is 9.62. The molecule has 2 aromatic carbocycles. The minimum atomic E-state index is -1.03. The number of hydrogen-bond acceptors (Lipinski definition) is 10. The van der Waals surface area contributed by atoms with E-state index >= 15 is 0 Å². The van der Waals surface area contributed by atoms with Gasteiger partial charge in [-0.1, -0.05) is 24.7 Å². The average molecular weight is 540 g/mol. The highest BCUT2D eigenvalue weighted by molar-refractivity contribution is 7.15. The standard InChI is InChI=1S/C27H29N3O7S/c1-6-7-12-37-18-10-8-16(9-11-18)23(31)21-22(17-13-19(34-3)25(36-5)20(14-17)35-4)30(26(33)24(21)32)27-29-28-15(2)38-27/h8-11,13-14,22,31H,6-7,12H2,1-5H3/b23-21+. The smallest absolute Gasteiger partial charge is 0.301 e. The van der Waals surface area contributed by atoms with Crippen LogP contribution in [0, 0.1) is 6.92 Å². The fourth-order valence-corrected chi connectivity index (χ4v) is 4.90. The van der Waals surface area contributed by atoms with E-state index in [1.54, 1.807) is 43.3 Å². The Hall–Kier alpha value is -4.12. The van der Waals surface area contributed by atoms with Crippen molar-refractivity contribution in [3.63, 3.8) is 0 Å². The van der Waals surface area contributed by atoms with Gasteiger partial charge >= 0.3 is 5.91 Å². The van der Waals surface area contributed by atoms with Crippen LogP contribution < -0.4 is 23.8 Å². The number of aryl methyl sites for hydroxylation is 1. The Bertz CT molecular complexity index is 1340. The predicted molar refractivity (Wildman–Crippen MR) is 142 cm³/mol. The Labute approximate surface area is 224 Å². The molecule has 1 saturated heterocycles. The number of anilines is 1. The molecular weight excluding hydrogens is 510 g/mol. The molecule has 0 spiro atoms. The summed E-state index contributed by atoms with van der Waals surface area (Å²) in [6.07, 6.45) is 1.93. The van der Waals surface area contributed by atoms with E-state index in [4.69, 9.17) is 18.9 Å². The summed E-state index contributed by atoms with van der Waals surface area (Å²) in [5, 5.41) is 20.3. The van der Waals surface area contributed by atoms with Gasteiger partial charge in [-0.2, -0.15) is 0 Å². The van der Waals surface area contributed by atoms with Gasteiger partial charge in [0, 0.05) is 5.56 Å². The topological polar surface area (TPSA) is 120 Å². The van der Waals surface area contributed by atoms with Crippen LogP contribution in [0.5, 0.6) is 23.0 Å². The number of aromatic nitrogens is 2. The van der Waals surface area contributed by atoms with Gasteiger partial charge in [0.05, 0.1) is 39.6 Å². The number of amides is 1. The minimum absolute atomic E-state index is 0.100. The zero-order chi connectivity index (χ0) is 27.4. The molecule has 1 N–H and O–H groups in total. The summed E-state index contributed by atoms with van der Waals surface area (Å²) in [5.74, 6) is -0.365. The molecule has 4 rings (SSSR count). The van der Waals surface area contributed by atoms with Crippen molar-refractivity contribution in [3.8, 4) is 23.0 Å². The molecular formula is C27H29N3O7S. The maximum absolute atomic E-state index is 13.4.